The third-order valence-corrected chi connectivity index (χ3v) is 6.64. The second-order valence-electron chi connectivity index (χ2n) is 8.37. The number of piperidine rings is 1. The Balaban J connectivity index is 1.89. The summed E-state index contributed by atoms with van der Waals surface area (Å²) >= 11 is 0. The minimum absolute atomic E-state index is 0.201. The van der Waals surface area contributed by atoms with Crippen LogP contribution in [0.15, 0.2) is 29.2 Å². The van der Waals surface area contributed by atoms with Gasteiger partial charge in [-0.25, -0.2) is 8.42 Å². The van der Waals surface area contributed by atoms with Gasteiger partial charge in [0.1, 0.15) is 0 Å². The van der Waals surface area contributed by atoms with Gasteiger partial charge in [-0.1, -0.05) is 27.7 Å². The summed E-state index contributed by atoms with van der Waals surface area (Å²) in [4.78, 5) is 12.5. The first-order valence-electron chi connectivity index (χ1n) is 10.2. The zero-order valence-electron chi connectivity index (χ0n) is 17.5. The highest BCUT2D eigenvalue weighted by molar-refractivity contribution is 7.89. The molecule has 1 aromatic carbocycles. The maximum Gasteiger partial charge on any atom is 0.251 e. The minimum atomic E-state index is -3.52. The van der Waals surface area contributed by atoms with Gasteiger partial charge in [0.05, 0.1) is 4.90 Å². The zero-order valence-corrected chi connectivity index (χ0v) is 18.3. The van der Waals surface area contributed by atoms with Crippen molar-refractivity contribution in [2.75, 3.05) is 32.8 Å². The first-order valence-corrected chi connectivity index (χ1v) is 11.6. The molecule has 0 saturated carbocycles. The lowest BCUT2D eigenvalue weighted by molar-refractivity contribution is 0.0925. The van der Waals surface area contributed by atoms with Crippen molar-refractivity contribution in [3.05, 3.63) is 29.8 Å². The van der Waals surface area contributed by atoms with Crippen LogP contribution in [-0.2, 0) is 14.8 Å². The van der Waals surface area contributed by atoms with Crippen LogP contribution in [0, 0.1) is 17.8 Å². The van der Waals surface area contributed by atoms with Crippen LogP contribution in [-0.4, -0.2) is 51.5 Å². The van der Waals surface area contributed by atoms with Crippen molar-refractivity contribution >= 4 is 15.9 Å². The lowest BCUT2D eigenvalue weighted by atomic mass is 9.94. The highest BCUT2D eigenvalue weighted by Crippen LogP contribution is 2.26. The smallest absolute Gasteiger partial charge is 0.251 e. The number of rotatable bonds is 9. The molecule has 1 fully saturated rings. The summed E-state index contributed by atoms with van der Waals surface area (Å²) in [5.74, 6) is 1.01. The van der Waals surface area contributed by atoms with Gasteiger partial charge in [-0.3, -0.25) is 4.79 Å². The molecule has 0 bridgehead atoms. The molecule has 0 aromatic heterocycles. The van der Waals surface area contributed by atoms with Crippen LogP contribution in [0.5, 0.6) is 0 Å². The van der Waals surface area contributed by atoms with E-state index in [1.54, 1.807) is 16.4 Å². The first kappa shape index (κ1) is 22.8. The van der Waals surface area contributed by atoms with E-state index < -0.39 is 10.0 Å². The van der Waals surface area contributed by atoms with Gasteiger partial charge in [-0.15, -0.1) is 0 Å². The van der Waals surface area contributed by atoms with Crippen LogP contribution in [0.3, 0.4) is 0 Å². The molecule has 2 rings (SSSR count). The van der Waals surface area contributed by atoms with Crippen LogP contribution in [0.25, 0.3) is 0 Å². The SMILES string of the molecule is CC(C)COCCCNC(=O)c1ccc(S(=O)(=O)N2CC(C)CC(C)C2)cc1. The Morgan fingerprint density at radius 1 is 1.18 bits per heavy atom. The number of sulfonamides is 1. The molecule has 1 aliphatic rings. The Labute approximate surface area is 169 Å². The van der Waals surface area contributed by atoms with Gasteiger partial charge in [-0.05, 0) is 54.9 Å². The Hall–Kier alpha value is -1.44. The Morgan fingerprint density at radius 2 is 1.79 bits per heavy atom. The van der Waals surface area contributed by atoms with Crippen molar-refractivity contribution < 1.29 is 17.9 Å². The molecule has 1 N–H and O–H groups in total. The van der Waals surface area contributed by atoms with E-state index in [-0.39, 0.29) is 10.8 Å². The van der Waals surface area contributed by atoms with Crippen LogP contribution >= 0.6 is 0 Å². The van der Waals surface area contributed by atoms with Crippen molar-refractivity contribution in [2.45, 2.75) is 45.4 Å². The number of amides is 1. The van der Waals surface area contributed by atoms with Crippen LogP contribution in [0.4, 0.5) is 0 Å². The highest BCUT2D eigenvalue weighted by Gasteiger charge is 2.31. The largest absolute Gasteiger partial charge is 0.381 e. The average molecular weight is 411 g/mol. The Kier molecular flexibility index (Phi) is 8.46. The average Bonchev–Trinajstić information content (AvgIpc) is 2.63. The quantitative estimate of drug-likeness (QED) is 0.635. The molecule has 1 aromatic rings. The molecule has 1 heterocycles. The molecule has 7 heteroatoms. The number of benzene rings is 1. The molecular formula is C21H34N2O4S. The van der Waals surface area contributed by atoms with E-state index in [0.29, 0.717) is 49.6 Å². The van der Waals surface area contributed by atoms with Gasteiger partial charge >= 0.3 is 0 Å². The summed E-state index contributed by atoms with van der Waals surface area (Å²) in [6, 6.07) is 6.21. The molecule has 28 heavy (non-hydrogen) atoms. The number of hydrogen-bond acceptors (Lipinski definition) is 4. The van der Waals surface area contributed by atoms with Gasteiger partial charge in [-0.2, -0.15) is 4.31 Å². The number of nitrogens with zero attached hydrogens (tertiary/aromatic N) is 1. The van der Waals surface area contributed by atoms with Crippen molar-refractivity contribution in [1.29, 1.82) is 0 Å². The first-order chi connectivity index (χ1) is 13.2. The van der Waals surface area contributed by atoms with E-state index in [1.807, 2.05) is 0 Å². The predicted octanol–water partition coefficient (Wildman–Crippen LogP) is 3.15. The number of nitrogens with one attached hydrogen (secondary N) is 1. The Morgan fingerprint density at radius 3 is 2.36 bits per heavy atom. The number of carbonyl (C=O) groups is 1. The van der Waals surface area contributed by atoms with Crippen LogP contribution in [0.1, 0.15) is 50.9 Å². The van der Waals surface area contributed by atoms with E-state index >= 15 is 0 Å². The molecule has 1 saturated heterocycles. The van der Waals surface area contributed by atoms with Crippen molar-refractivity contribution in [3.8, 4) is 0 Å². The molecule has 1 amide bonds. The van der Waals surface area contributed by atoms with Gasteiger partial charge in [0, 0.05) is 38.4 Å². The van der Waals surface area contributed by atoms with Gasteiger partial charge in [0.2, 0.25) is 10.0 Å². The van der Waals surface area contributed by atoms with Crippen LogP contribution in [0.2, 0.25) is 0 Å². The second kappa shape index (κ2) is 10.4. The van der Waals surface area contributed by atoms with E-state index in [4.69, 9.17) is 4.74 Å². The fourth-order valence-corrected chi connectivity index (χ4v) is 5.21. The van der Waals surface area contributed by atoms with Crippen LogP contribution < -0.4 is 5.32 Å². The summed E-state index contributed by atoms with van der Waals surface area (Å²) < 4.78 is 32.8. The molecule has 0 spiro atoms. The molecule has 0 aliphatic carbocycles. The summed E-state index contributed by atoms with van der Waals surface area (Å²) in [5.41, 5.74) is 0.461. The monoisotopic (exact) mass is 410 g/mol. The number of ether oxygens (including phenoxy) is 1. The van der Waals surface area contributed by atoms with E-state index in [2.05, 4.69) is 33.0 Å². The van der Waals surface area contributed by atoms with Gasteiger partial charge in [0.25, 0.3) is 5.91 Å². The Bertz CT molecular complexity index is 721. The third kappa shape index (κ3) is 6.57. The lowest BCUT2D eigenvalue weighted by Crippen LogP contribution is -2.42. The van der Waals surface area contributed by atoms with E-state index in [0.717, 1.165) is 19.4 Å². The summed E-state index contributed by atoms with van der Waals surface area (Å²) in [6.45, 7) is 11.3. The predicted molar refractivity (Wildman–Crippen MR) is 111 cm³/mol. The maximum atomic E-state index is 12.9. The highest BCUT2D eigenvalue weighted by atomic mass is 32.2. The van der Waals surface area contributed by atoms with Gasteiger partial charge in [0.15, 0.2) is 0 Å². The normalized spacial score (nSPS) is 21.0. The number of hydrogen-bond donors (Lipinski definition) is 1. The molecule has 1 aliphatic heterocycles. The molecule has 6 nitrogen and oxygen atoms in total. The second-order valence-corrected chi connectivity index (χ2v) is 10.3. The molecule has 158 valence electrons. The molecular weight excluding hydrogens is 376 g/mol. The third-order valence-electron chi connectivity index (χ3n) is 4.79. The fraction of sp³-hybridized carbons (Fsp3) is 0.667. The number of carbonyl (C=O) groups excluding carboxylic acids is 1. The molecule has 2 unspecified atom stereocenters. The maximum absolute atomic E-state index is 12.9. The fourth-order valence-electron chi connectivity index (χ4n) is 3.53. The van der Waals surface area contributed by atoms with Crippen molar-refractivity contribution in [3.63, 3.8) is 0 Å². The lowest BCUT2D eigenvalue weighted by Gasteiger charge is -2.34. The summed E-state index contributed by atoms with van der Waals surface area (Å²) in [5, 5.41) is 2.84. The van der Waals surface area contributed by atoms with Crippen molar-refractivity contribution in [1.82, 2.24) is 9.62 Å². The summed E-state index contributed by atoms with van der Waals surface area (Å²) in [6.07, 6.45) is 1.80. The standard InChI is InChI=1S/C21H34N2O4S/c1-16(2)15-27-11-5-10-22-21(24)19-6-8-20(9-7-19)28(25,26)23-13-17(3)12-18(4)14-23/h6-9,16-18H,5,10-15H2,1-4H3,(H,22,24). The van der Waals surface area contributed by atoms with Gasteiger partial charge < -0.3 is 10.1 Å². The van der Waals surface area contributed by atoms with E-state index in [9.17, 15) is 13.2 Å². The zero-order chi connectivity index (χ0) is 20.7. The van der Waals surface area contributed by atoms with E-state index in [1.165, 1.54) is 12.1 Å². The molecule has 2 atom stereocenters. The topological polar surface area (TPSA) is 75.7 Å². The minimum Gasteiger partial charge on any atom is -0.381 e. The molecule has 0 radical (unpaired) electrons. The van der Waals surface area contributed by atoms with Crippen molar-refractivity contribution in [2.24, 2.45) is 17.8 Å². The summed E-state index contributed by atoms with van der Waals surface area (Å²) in [7, 11) is -3.52.